The van der Waals surface area contributed by atoms with E-state index in [4.69, 9.17) is 9.47 Å². The van der Waals surface area contributed by atoms with E-state index in [1.165, 1.54) is 0 Å². The van der Waals surface area contributed by atoms with Crippen LogP contribution in [0.2, 0.25) is 0 Å². The lowest BCUT2D eigenvalue weighted by molar-refractivity contribution is -0.147. The van der Waals surface area contributed by atoms with Gasteiger partial charge in [0.1, 0.15) is 5.75 Å². The van der Waals surface area contributed by atoms with Crippen molar-refractivity contribution in [3.8, 4) is 5.75 Å². The minimum Gasteiger partial charge on any atom is -0.496 e. The molecule has 0 amide bonds. The van der Waals surface area contributed by atoms with Gasteiger partial charge >= 0.3 is 5.97 Å². The third-order valence-electron chi connectivity index (χ3n) is 3.39. The SMILES string of the molecule is CCOC(=O)C1CNCC1c1cc(Br)ccc1OC. The van der Waals surface area contributed by atoms with Crippen LogP contribution in [0.4, 0.5) is 0 Å². The van der Waals surface area contributed by atoms with Crippen molar-refractivity contribution in [1.29, 1.82) is 0 Å². The molecule has 1 aromatic carbocycles. The molecule has 0 aliphatic carbocycles. The zero-order chi connectivity index (χ0) is 13.8. The normalized spacial score (nSPS) is 22.3. The number of carbonyl (C=O) groups is 1. The highest BCUT2D eigenvalue weighted by Gasteiger charge is 2.36. The third kappa shape index (κ3) is 3.09. The summed E-state index contributed by atoms with van der Waals surface area (Å²) in [6.07, 6.45) is 0. The van der Waals surface area contributed by atoms with Gasteiger partial charge in [-0.25, -0.2) is 0 Å². The summed E-state index contributed by atoms with van der Waals surface area (Å²) < 4.78 is 11.5. The van der Waals surface area contributed by atoms with Crippen molar-refractivity contribution in [2.45, 2.75) is 12.8 Å². The molecular formula is C14H18BrNO3. The summed E-state index contributed by atoms with van der Waals surface area (Å²) in [7, 11) is 1.65. The number of nitrogens with one attached hydrogen (secondary N) is 1. The maximum absolute atomic E-state index is 12.0. The number of ether oxygens (including phenoxy) is 2. The summed E-state index contributed by atoms with van der Waals surface area (Å²) in [6, 6.07) is 5.87. The van der Waals surface area contributed by atoms with E-state index in [9.17, 15) is 4.79 Å². The van der Waals surface area contributed by atoms with Crippen molar-refractivity contribution >= 4 is 21.9 Å². The lowest BCUT2D eigenvalue weighted by Gasteiger charge is -2.20. The van der Waals surface area contributed by atoms with E-state index in [0.29, 0.717) is 13.2 Å². The van der Waals surface area contributed by atoms with Crippen molar-refractivity contribution in [3.05, 3.63) is 28.2 Å². The minimum atomic E-state index is -0.150. The number of hydrogen-bond acceptors (Lipinski definition) is 4. The molecule has 1 heterocycles. The Labute approximate surface area is 121 Å². The second kappa shape index (κ2) is 6.39. The minimum absolute atomic E-state index is 0.0894. The maximum Gasteiger partial charge on any atom is 0.310 e. The fourth-order valence-electron chi connectivity index (χ4n) is 2.50. The predicted molar refractivity (Wildman–Crippen MR) is 76.4 cm³/mol. The largest absolute Gasteiger partial charge is 0.496 e. The van der Waals surface area contributed by atoms with Gasteiger partial charge < -0.3 is 14.8 Å². The molecule has 1 saturated heterocycles. The van der Waals surface area contributed by atoms with Crippen LogP contribution in [0.15, 0.2) is 22.7 Å². The molecule has 1 aromatic rings. The number of esters is 1. The first kappa shape index (κ1) is 14.3. The van der Waals surface area contributed by atoms with Crippen LogP contribution >= 0.6 is 15.9 Å². The highest BCUT2D eigenvalue weighted by atomic mass is 79.9. The second-order valence-corrected chi connectivity index (χ2v) is 5.43. The highest BCUT2D eigenvalue weighted by Crippen LogP contribution is 2.36. The van der Waals surface area contributed by atoms with E-state index in [0.717, 1.165) is 22.3 Å². The van der Waals surface area contributed by atoms with E-state index >= 15 is 0 Å². The van der Waals surface area contributed by atoms with Gasteiger partial charge in [0.25, 0.3) is 0 Å². The van der Waals surface area contributed by atoms with Gasteiger partial charge in [-0.3, -0.25) is 4.79 Å². The van der Waals surface area contributed by atoms with Crippen LogP contribution in [0.1, 0.15) is 18.4 Å². The van der Waals surface area contributed by atoms with Gasteiger partial charge in [0.05, 0.1) is 19.6 Å². The number of halogens is 1. The fraction of sp³-hybridized carbons (Fsp3) is 0.500. The van der Waals surface area contributed by atoms with Crippen molar-refractivity contribution in [2.24, 2.45) is 5.92 Å². The van der Waals surface area contributed by atoms with Crippen LogP contribution in [0.25, 0.3) is 0 Å². The van der Waals surface area contributed by atoms with Gasteiger partial charge in [-0.2, -0.15) is 0 Å². The smallest absolute Gasteiger partial charge is 0.310 e. The Hall–Kier alpha value is -1.07. The van der Waals surface area contributed by atoms with Crippen LogP contribution in [0, 0.1) is 5.92 Å². The molecule has 4 nitrogen and oxygen atoms in total. The van der Waals surface area contributed by atoms with Gasteiger partial charge in [-0.15, -0.1) is 0 Å². The molecule has 1 aliphatic rings. The van der Waals surface area contributed by atoms with Gasteiger partial charge in [0.15, 0.2) is 0 Å². The van der Waals surface area contributed by atoms with Crippen molar-refractivity contribution in [1.82, 2.24) is 5.32 Å². The van der Waals surface area contributed by atoms with Gasteiger partial charge in [-0.05, 0) is 25.1 Å². The molecule has 2 atom stereocenters. The molecule has 0 bridgehead atoms. The van der Waals surface area contributed by atoms with E-state index in [1.54, 1.807) is 7.11 Å². The zero-order valence-electron chi connectivity index (χ0n) is 11.1. The first-order valence-electron chi connectivity index (χ1n) is 6.38. The molecule has 2 unspecified atom stereocenters. The molecule has 1 N–H and O–H groups in total. The highest BCUT2D eigenvalue weighted by molar-refractivity contribution is 9.10. The molecule has 5 heteroatoms. The van der Waals surface area contributed by atoms with Gasteiger partial charge in [0.2, 0.25) is 0 Å². The molecule has 0 saturated carbocycles. The summed E-state index contributed by atoms with van der Waals surface area (Å²) in [4.78, 5) is 12.0. The van der Waals surface area contributed by atoms with Crippen LogP contribution in [0.3, 0.4) is 0 Å². The topological polar surface area (TPSA) is 47.6 Å². The van der Waals surface area contributed by atoms with Crippen molar-refractivity contribution in [3.63, 3.8) is 0 Å². The van der Waals surface area contributed by atoms with Crippen LogP contribution in [-0.4, -0.2) is 32.8 Å². The Morgan fingerprint density at radius 1 is 1.47 bits per heavy atom. The van der Waals surface area contributed by atoms with Crippen LogP contribution < -0.4 is 10.1 Å². The molecule has 1 aliphatic heterocycles. The molecule has 19 heavy (non-hydrogen) atoms. The van der Waals surface area contributed by atoms with E-state index in [1.807, 2.05) is 25.1 Å². The zero-order valence-corrected chi connectivity index (χ0v) is 12.7. The molecule has 0 spiro atoms. The van der Waals surface area contributed by atoms with Crippen molar-refractivity contribution in [2.75, 3.05) is 26.8 Å². The lowest BCUT2D eigenvalue weighted by atomic mass is 9.88. The summed E-state index contributed by atoms with van der Waals surface area (Å²) in [5, 5.41) is 3.26. The molecular weight excluding hydrogens is 310 g/mol. The van der Waals surface area contributed by atoms with E-state index in [2.05, 4.69) is 21.2 Å². The Bertz CT molecular complexity index is 464. The van der Waals surface area contributed by atoms with Crippen molar-refractivity contribution < 1.29 is 14.3 Å². The first-order chi connectivity index (χ1) is 9.17. The summed E-state index contributed by atoms with van der Waals surface area (Å²) in [5.74, 6) is 0.611. The summed E-state index contributed by atoms with van der Waals surface area (Å²) >= 11 is 3.47. The second-order valence-electron chi connectivity index (χ2n) is 4.51. The maximum atomic E-state index is 12.0. The van der Waals surface area contributed by atoms with Gasteiger partial charge in [0, 0.05) is 29.0 Å². The standard InChI is InChI=1S/C14H18BrNO3/c1-3-19-14(17)12-8-16-7-11(12)10-6-9(15)4-5-13(10)18-2/h4-6,11-12,16H,3,7-8H2,1-2H3. The molecule has 104 valence electrons. The third-order valence-corrected chi connectivity index (χ3v) is 3.89. The van der Waals surface area contributed by atoms with Gasteiger partial charge in [-0.1, -0.05) is 15.9 Å². The Balaban J connectivity index is 2.29. The first-order valence-corrected chi connectivity index (χ1v) is 7.17. The molecule has 2 rings (SSSR count). The Morgan fingerprint density at radius 2 is 2.26 bits per heavy atom. The Morgan fingerprint density at radius 3 is 2.95 bits per heavy atom. The summed E-state index contributed by atoms with van der Waals surface area (Å²) in [5.41, 5.74) is 1.04. The number of benzene rings is 1. The fourth-order valence-corrected chi connectivity index (χ4v) is 2.88. The number of methoxy groups -OCH3 is 1. The van der Waals surface area contributed by atoms with E-state index in [-0.39, 0.29) is 17.8 Å². The lowest BCUT2D eigenvalue weighted by Crippen LogP contribution is -2.24. The predicted octanol–water partition coefficient (Wildman–Crippen LogP) is 2.32. The van der Waals surface area contributed by atoms with E-state index < -0.39 is 0 Å². The number of rotatable bonds is 4. The summed E-state index contributed by atoms with van der Waals surface area (Å²) in [6.45, 7) is 3.65. The molecule has 0 aromatic heterocycles. The number of carbonyl (C=O) groups excluding carboxylic acids is 1. The molecule has 1 fully saturated rings. The quantitative estimate of drug-likeness (QED) is 0.862. The average Bonchev–Trinajstić information content (AvgIpc) is 2.88. The Kier molecular flexibility index (Phi) is 4.82. The van der Waals surface area contributed by atoms with Crippen LogP contribution in [0.5, 0.6) is 5.75 Å². The molecule has 0 radical (unpaired) electrons. The monoisotopic (exact) mass is 327 g/mol. The average molecular weight is 328 g/mol. The van der Waals surface area contributed by atoms with Crippen LogP contribution in [-0.2, 0) is 9.53 Å². The number of hydrogen-bond donors (Lipinski definition) is 1.